The van der Waals surface area contributed by atoms with Crippen molar-refractivity contribution in [1.82, 2.24) is 0 Å². The fourth-order valence-electron chi connectivity index (χ4n) is 3.09. The largest absolute Gasteiger partial charge is 0.497 e. The van der Waals surface area contributed by atoms with Crippen molar-refractivity contribution in [3.8, 4) is 11.5 Å². The zero-order chi connectivity index (χ0) is 20.9. The number of hydrogen-bond donors (Lipinski definition) is 0. The van der Waals surface area contributed by atoms with Crippen molar-refractivity contribution in [3.05, 3.63) is 101 Å². The van der Waals surface area contributed by atoms with Gasteiger partial charge in [-0.1, -0.05) is 42.5 Å². The van der Waals surface area contributed by atoms with Crippen molar-refractivity contribution < 1.29 is 19.0 Å². The molecule has 0 spiro atoms. The van der Waals surface area contributed by atoms with Gasteiger partial charge in [0.2, 0.25) is 5.90 Å². The maximum atomic E-state index is 12.4. The molecule has 1 aliphatic rings. The Morgan fingerprint density at radius 2 is 1.77 bits per heavy atom. The summed E-state index contributed by atoms with van der Waals surface area (Å²) in [4.78, 5) is 16.7. The second-order valence-electron chi connectivity index (χ2n) is 6.82. The van der Waals surface area contributed by atoms with Crippen molar-refractivity contribution in [2.45, 2.75) is 13.5 Å². The third-order valence-corrected chi connectivity index (χ3v) is 4.79. The molecule has 3 aromatic rings. The normalized spacial score (nSPS) is 14.4. The number of methoxy groups -OCH3 is 1. The van der Waals surface area contributed by atoms with E-state index in [0.717, 1.165) is 16.7 Å². The van der Waals surface area contributed by atoms with E-state index >= 15 is 0 Å². The molecule has 0 atom stereocenters. The molecule has 0 N–H and O–H groups in total. The van der Waals surface area contributed by atoms with Gasteiger partial charge in [-0.05, 0) is 54.5 Å². The first-order chi connectivity index (χ1) is 14.6. The van der Waals surface area contributed by atoms with E-state index in [9.17, 15) is 4.79 Å². The van der Waals surface area contributed by atoms with Crippen LogP contribution in [0.4, 0.5) is 0 Å². The maximum Gasteiger partial charge on any atom is 0.363 e. The molecule has 5 heteroatoms. The SMILES string of the molecule is COc1ccc(OCc2ccccc2C)c(/C=C2/N=C(c3ccccc3)OC2=O)c1. The van der Waals surface area contributed by atoms with E-state index in [0.29, 0.717) is 23.7 Å². The van der Waals surface area contributed by atoms with Gasteiger partial charge >= 0.3 is 5.97 Å². The minimum Gasteiger partial charge on any atom is -0.497 e. The lowest BCUT2D eigenvalue weighted by molar-refractivity contribution is -0.129. The van der Waals surface area contributed by atoms with E-state index in [1.54, 1.807) is 13.2 Å². The summed E-state index contributed by atoms with van der Waals surface area (Å²) in [5.41, 5.74) is 3.89. The fourth-order valence-corrected chi connectivity index (χ4v) is 3.09. The molecule has 0 aliphatic carbocycles. The lowest BCUT2D eigenvalue weighted by Crippen LogP contribution is -2.05. The van der Waals surface area contributed by atoms with Gasteiger partial charge in [0.1, 0.15) is 18.1 Å². The van der Waals surface area contributed by atoms with Crippen molar-refractivity contribution in [1.29, 1.82) is 0 Å². The number of hydrogen-bond acceptors (Lipinski definition) is 5. The quantitative estimate of drug-likeness (QED) is 0.436. The highest BCUT2D eigenvalue weighted by atomic mass is 16.6. The molecule has 0 saturated heterocycles. The second-order valence-corrected chi connectivity index (χ2v) is 6.82. The molecule has 1 aliphatic heterocycles. The molecule has 5 nitrogen and oxygen atoms in total. The molecule has 0 amide bonds. The molecule has 0 bridgehead atoms. The zero-order valence-electron chi connectivity index (χ0n) is 16.8. The summed E-state index contributed by atoms with van der Waals surface area (Å²) >= 11 is 0. The number of ether oxygens (including phenoxy) is 3. The summed E-state index contributed by atoms with van der Waals surface area (Å²) in [6, 6.07) is 22.8. The molecule has 0 fully saturated rings. The van der Waals surface area contributed by atoms with Gasteiger partial charge < -0.3 is 14.2 Å². The zero-order valence-corrected chi connectivity index (χ0v) is 16.8. The summed E-state index contributed by atoms with van der Waals surface area (Å²) in [5, 5.41) is 0. The summed E-state index contributed by atoms with van der Waals surface area (Å²) in [6.07, 6.45) is 1.66. The summed E-state index contributed by atoms with van der Waals surface area (Å²) in [6.45, 7) is 2.46. The van der Waals surface area contributed by atoms with E-state index in [4.69, 9.17) is 14.2 Å². The Hall–Kier alpha value is -3.86. The van der Waals surface area contributed by atoms with Crippen LogP contribution in [0.5, 0.6) is 11.5 Å². The first kappa shape index (κ1) is 19.5. The van der Waals surface area contributed by atoms with Crippen molar-refractivity contribution in [2.75, 3.05) is 7.11 Å². The molecule has 30 heavy (non-hydrogen) atoms. The fraction of sp³-hybridized carbons (Fsp3) is 0.120. The van der Waals surface area contributed by atoms with Crippen LogP contribution in [0.25, 0.3) is 6.08 Å². The van der Waals surface area contributed by atoms with Gasteiger partial charge in [-0.3, -0.25) is 0 Å². The van der Waals surface area contributed by atoms with E-state index < -0.39 is 5.97 Å². The lowest BCUT2D eigenvalue weighted by atomic mass is 10.1. The monoisotopic (exact) mass is 399 g/mol. The van der Waals surface area contributed by atoms with Gasteiger partial charge in [0.15, 0.2) is 5.70 Å². The topological polar surface area (TPSA) is 57.1 Å². The standard InChI is InChI=1S/C25H21NO4/c1-17-8-6-7-11-19(17)16-29-23-13-12-21(28-2)14-20(23)15-22-25(27)30-24(26-22)18-9-4-3-5-10-18/h3-15H,16H2,1-2H3/b22-15+. The Labute approximate surface area is 175 Å². The van der Waals surface area contributed by atoms with Crippen LogP contribution in [0, 0.1) is 6.92 Å². The number of benzene rings is 3. The van der Waals surface area contributed by atoms with Crippen LogP contribution in [0.1, 0.15) is 22.3 Å². The Balaban J connectivity index is 1.65. The number of carbonyl (C=O) groups is 1. The van der Waals surface area contributed by atoms with Gasteiger partial charge in [0.25, 0.3) is 0 Å². The van der Waals surface area contributed by atoms with Crippen molar-refractivity contribution in [2.24, 2.45) is 4.99 Å². The van der Waals surface area contributed by atoms with Gasteiger partial charge in [-0.2, -0.15) is 0 Å². The van der Waals surface area contributed by atoms with Crippen molar-refractivity contribution >= 4 is 17.9 Å². The van der Waals surface area contributed by atoms with Gasteiger partial charge in [0.05, 0.1) is 7.11 Å². The van der Waals surface area contributed by atoms with Crippen LogP contribution in [-0.4, -0.2) is 19.0 Å². The Bertz CT molecular complexity index is 1130. The summed E-state index contributed by atoms with van der Waals surface area (Å²) < 4.78 is 16.7. The highest BCUT2D eigenvalue weighted by Crippen LogP contribution is 2.29. The van der Waals surface area contributed by atoms with Crippen molar-refractivity contribution in [3.63, 3.8) is 0 Å². The third kappa shape index (κ3) is 4.25. The predicted molar refractivity (Wildman–Crippen MR) is 116 cm³/mol. The van der Waals surface area contributed by atoms with E-state index in [2.05, 4.69) is 4.99 Å². The van der Waals surface area contributed by atoms with Crippen LogP contribution in [0.15, 0.2) is 83.5 Å². The predicted octanol–water partition coefficient (Wildman–Crippen LogP) is 4.93. The third-order valence-electron chi connectivity index (χ3n) is 4.79. The maximum absolute atomic E-state index is 12.4. The molecule has 0 aromatic heterocycles. The average Bonchev–Trinajstić information content (AvgIpc) is 3.14. The molecule has 0 radical (unpaired) electrons. The molecular formula is C25H21NO4. The van der Waals surface area contributed by atoms with Crippen LogP contribution in [0.2, 0.25) is 0 Å². The molecule has 1 heterocycles. The lowest BCUT2D eigenvalue weighted by Gasteiger charge is -2.12. The van der Waals surface area contributed by atoms with Crippen LogP contribution in [-0.2, 0) is 16.1 Å². The van der Waals surface area contributed by atoms with Gasteiger partial charge in [-0.15, -0.1) is 0 Å². The first-order valence-corrected chi connectivity index (χ1v) is 9.57. The smallest absolute Gasteiger partial charge is 0.363 e. The van der Waals surface area contributed by atoms with E-state index in [1.165, 1.54) is 0 Å². The summed E-state index contributed by atoms with van der Waals surface area (Å²) in [7, 11) is 1.59. The number of esters is 1. The minimum absolute atomic E-state index is 0.211. The highest BCUT2D eigenvalue weighted by molar-refractivity contribution is 6.12. The van der Waals surface area contributed by atoms with Crippen LogP contribution < -0.4 is 9.47 Å². The molecular weight excluding hydrogens is 378 g/mol. The average molecular weight is 399 g/mol. The minimum atomic E-state index is -0.499. The molecule has 3 aromatic carbocycles. The number of nitrogens with zero attached hydrogens (tertiary/aromatic N) is 1. The first-order valence-electron chi connectivity index (χ1n) is 9.57. The molecule has 4 rings (SSSR count). The number of rotatable bonds is 6. The van der Waals surface area contributed by atoms with E-state index in [-0.39, 0.29) is 11.6 Å². The van der Waals surface area contributed by atoms with Crippen LogP contribution in [0.3, 0.4) is 0 Å². The Morgan fingerprint density at radius 3 is 2.53 bits per heavy atom. The Morgan fingerprint density at radius 1 is 1.00 bits per heavy atom. The van der Waals surface area contributed by atoms with E-state index in [1.807, 2.05) is 79.7 Å². The number of aryl methyl sites for hydroxylation is 1. The van der Waals surface area contributed by atoms with Gasteiger partial charge in [-0.25, -0.2) is 9.79 Å². The molecule has 150 valence electrons. The Kier molecular flexibility index (Phi) is 5.61. The summed E-state index contributed by atoms with van der Waals surface area (Å²) in [5.74, 6) is 1.07. The van der Waals surface area contributed by atoms with Crippen LogP contribution >= 0.6 is 0 Å². The highest BCUT2D eigenvalue weighted by Gasteiger charge is 2.24. The number of aliphatic imine (C=N–C) groups is 1. The number of cyclic esters (lactones) is 1. The number of carbonyl (C=O) groups excluding carboxylic acids is 1. The van der Waals surface area contributed by atoms with Gasteiger partial charge in [0, 0.05) is 11.1 Å². The molecule has 0 saturated carbocycles. The molecule has 0 unspecified atom stereocenters. The second kappa shape index (κ2) is 8.66.